The zero-order valence-electron chi connectivity index (χ0n) is 13.0. The maximum absolute atomic E-state index is 12.5. The third kappa shape index (κ3) is 4.25. The number of morpholine rings is 1. The Morgan fingerprint density at radius 1 is 1.17 bits per heavy atom. The zero-order valence-corrected chi connectivity index (χ0v) is 15.4. The number of nitrogens with one attached hydrogen (secondary N) is 1. The molecule has 2 heterocycles. The first-order valence-corrected chi connectivity index (χ1v) is 9.94. The molecule has 0 radical (unpaired) electrons. The summed E-state index contributed by atoms with van der Waals surface area (Å²) in [5.74, 6) is 0.746. The second kappa shape index (κ2) is 7.79. The average molecular weight is 415 g/mol. The minimum Gasteiger partial charge on any atom is -0.468 e. The predicted molar refractivity (Wildman–Crippen MR) is 93.2 cm³/mol. The van der Waals surface area contributed by atoms with E-state index >= 15 is 0 Å². The molecule has 24 heavy (non-hydrogen) atoms. The summed E-state index contributed by atoms with van der Waals surface area (Å²) in [5, 5.41) is 0. The fourth-order valence-electron chi connectivity index (χ4n) is 2.67. The Hall–Kier alpha value is -1.19. The summed E-state index contributed by atoms with van der Waals surface area (Å²) in [4.78, 5) is 2.41. The van der Waals surface area contributed by atoms with E-state index in [1.807, 2.05) is 12.1 Å². The van der Waals surface area contributed by atoms with Crippen LogP contribution in [0.4, 0.5) is 0 Å². The molecule has 0 spiro atoms. The molecule has 1 N–H and O–H groups in total. The smallest absolute Gasteiger partial charge is 0.240 e. The number of benzene rings is 1. The van der Waals surface area contributed by atoms with Crippen molar-refractivity contribution in [3.8, 4) is 0 Å². The molecule has 0 unspecified atom stereocenters. The summed E-state index contributed by atoms with van der Waals surface area (Å²) in [6.45, 7) is 3.00. The maximum atomic E-state index is 12.5. The van der Waals surface area contributed by atoms with Gasteiger partial charge in [0.05, 0.1) is 30.4 Å². The van der Waals surface area contributed by atoms with E-state index in [2.05, 4.69) is 25.6 Å². The van der Waals surface area contributed by atoms with Gasteiger partial charge in [-0.3, -0.25) is 4.90 Å². The van der Waals surface area contributed by atoms with Gasteiger partial charge in [0.15, 0.2) is 0 Å². The molecule has 0 aliphatic carbocycles. The summed E-state index contributed by atoms with van der Waals surface area (Å²) in [6.07, 6.45) is 1.60. The van der Waals surface area contributed by atoms with Gasteiger partial charge in [-0.1, -0.05) is 15.9 Å². The van der Waals surface area contributed by atoms with Crippen molar-refractivity contribution >= 4 is 26.0 Å². The molecule has 0 saturated carbocycles. The second-order valence-corrected chi connectivity index (χ2v) is 8.17. The van der Waals surface area contributed by atoms with Gasteiger partial charge in [-0.25, -0.2) is 13.1 Å². The molecule has 1 atom stereocenters. The van der Waals surface area contributed by atoms with Crippen LogP contribution in [-0.2, 0) is 14.8 Å². The molecule has 0 amide bonds. The van der Waals surface area contributed by atoms with Gasteiger partial charge in [-0.15, -0.1) is 0 Å². The molecule has 1 fully saturated rings. The van der Waals surface area contributed by atoms with Crippen molar-refractivity contribution in [1.29, 1.82) is 0 Å². The molecule has 8 heteroatoms. The number of halogens is 1. The fraction of sp³-hybridized carbons (Fsp3) is 0.375. The van der Waals surface area contributed by atoms with E-state index in [4.69, 9.17) is 9.15 Å². The summed E-state index contributed by atoms with van der Waals surface area (Å²) in [5.41, 5.74) is 0. The van der Waals surface area contributed by atoms with Crippen LogP contribution in [0.25, 0.3) is 0 Å². The van der Waals surface area contributed by atoms with Crippen LogP contribution in [0.1, 0.15) is 11.8 Å². The Bertz CT molecular complexity index is 741. The largest absolute Gasteiger partial charge is 0.468 e. The number of nitrogens with zero attached hydrogens (tertiary/aromatic N) is 1. The monoisotopic (exact) mass is 414 g/mol. The first-order chi connectivity index (χ1) is 11.6. The van der Waals surface area contributed by atoms with Crippen molar-refractivity contribution < 1.29 is 17.6 Å². The van der Waals surface area contributed by atoms with Crippen LogP contribution < -0.4 is 4.72 Å². The Labute approximate surface area is 150 Å². The van der Waals surface area contributed by atoms with Gasteiger partial charge in [0.25, 0.3) is 0 Å². The van der Waals surface area contributed by atoms with E-state index in [1.165, 1.54) is 0 Å². The molecule has 1 aromatic heterocycles. The van der Waals surface area contributed by atoms with Crippen LogP contribution in [0.15, 0.2) is 56.4 Å². The van der Waals surface area contributed by atoms with Crippen molar-refractivity contribution in [1.82, 2.24) is 9.62 Å². The second-order valence-electron chi connectivity index (χ2n) is 5.49. The first kappa shape index (κ1) is 17.6. The van der Waals surface area contributed by atoms with Crippen molar-refractivity contribution in [2.75, 3.05) is 32.8 Å². The number of furan rings is 1. The first-order valence-electron chi connectivity index (χ1n) is 7.67. The highest BCUT2D eigenvalue weighted by molar-refractivity contribution is 9.10. The molecule has 3 rings (SSSR count). The Morgan fingerprint density at radius 2 is 1.88 bits per heavy atom. The molecule has 130 valence electrons. The minimum atomic E-state index is -3.57. The lowest BCUT2D eigenvalue weighted by Gasteiger charge is -2.33. The summed E-state index contributed by atoms with van der Waals surface area (Å²) < 4.78 is 39.4. The van der Waals surface area contributed by atoms with Gasteiger partial charge in [-0.05, 0) is 36.4 Å². The number of hydrogen-bond donors (Lipinski definition) is 1. The van der Waals surface area contributed by atoms with Gasteiger partial charge in [0.1, 0.15) is 5.76 Å². The van der Waals surface area contributed by atoms with Crippen molar-refractivity contribution in [2.45, 2.75) is 10.9 Å². The van der Waals surface area contributed by atoms with Crippen molar-refractivity contribution in [2.24, 2.45) is 0 Å². The molecule has 1 saturated heterocycles. The molecule has 1 aliphatic heterocycles. The van der Waals surface area contributed by atoms with E-state index in [9.17, 15) is 8.42 Å². The quantitative estimate of drug-likeness (QED) is 0.785. The lowest BCUT2D eigenvalue weighted by atomic mass is 10.2. The van der Waals surface area contributed by atoms with Gasteiger partial charge < -0.3 is 9.15 Å². The standard InChI is InChI=1S/C16H19BrN2O4S/c17-13-3-5-14(6-4-13)24(20,21)18-12-15(16-2-1-9-23-16)19-7-10-22-11-8-19/h1-6,9,15,18H,7-8,10-12H2/t15-/m1/s1. The molecule has 0 bridgehead atoms. The summed E-state index contributed by atoms with van der Waals surface area (Å²) in [6, 6.07) is 10.1. The Morgan fingerprint density at radius 3 is 2.50 bits per heavy atom. The highest BCUT2D eigenvalue weighted by Crippen LogP contribution is 2.23. The van der Waals surface area contributed by atoms with E-state index in [0.717, 1.165) is 23.3 Å². The van der Waals surface area contributed by atoms with Crippen LogP contribution in [0.2, 0.25) is 0 Å². The van der Waals surface area contributed by atoms with Gasteiger partial charge in [-0.2, -0.15) is 0 Å². The molecular weight excluding hydrogens is 396 g/mol. The van der Waals surface area contributed by atoms with Gasteiger partial charge in [0.2, 0.25) is 10.0 Å². The molecule has 2 aromatic rings. The lowest BCUT2D eigenvalue weighted by Crippen LogP contribution is -2.43. The van der Waals surface area contributed by atoms with Crippen molar-refractivity contribution in [3.63, 3.8) is 0 Å². The number of sulfonamides is 1. The summed E-state index contributed by atoms with van der Waals surface area (Å²) >= 11 is 3.31. The minimum absolute atomic E-state index is 0.158. The third-order valence-electron chi connectivity index (χ3n) is 3.95. The number of ether oxygens (including phenoxy) is 1. The summed E-state index contributed by atoms with van der Waals surface area (Å²) in [7, 11) is -3.57. The van der Waals surface area contributed by atoms with Crippen molar-refractivity contribution in [3.05, 3.63) is 52.9 Å². The number of hydrogen-bond acceptors (Lipinski definition) is 5. The normalized spacial score (nSPS) is 17.7. The SMILES string of the molecule is O=S(=O)(NC[C@H](c1ccco1)N1CCOCC1)c1ccc(Br)cc1. The molecular formula is C16H19BrN2O4S. The molecule has 6 nitrogen and oxygen atoms in total. The van der Waals surface area contributed by atoms with Crippen LogP contribution in [0.3, 0.4) is 0 Å². The van der Waals surface area contributed by atoms with Crippen LogP contribution in [0, 0.1) is 0 Å². The van der Waals surface area contributed by atoms with E-state index in [-0.39, 0.29) is 17.5 Å². The average Bonchev–Trinajstić information content (AvgIpc) is 3.11. The van der Waals surface area contributed by atoms with Gasteiger partial charge in [0, 0.05) is 24.1 Å². The van der Waals surface area contributed by atoms with Crippen LogP contribution in [0.5, 0.6) is 0 Å². The van der Waals surface area contributed by atoms with E-state index in [1.54, 1.807) is 30.5 Å². The lowest BCUT2D eigenvalue weighted by molar-refractivity contribution is 0.0128. The van der Waals surface area contributed by atoms with Crippen LogP contribution >= 0.6 is 15.9 Å². The molecule has 1 aliphatic rings. The Balaban J connectivity index is 1.74. The predicted octanol–water partition coefficient (Wildman–Crippen LogP) is 2.39. The highest BCUT2D eigenvalue weighted by Gasteiger charge is 2.26. The topological polar surface area (TPSA) is 71.8 Å². The number of rotatable bonds is 6. The highest BCUT2D eigenvalue weighted by atomic mass is 79.9. The zero-order chi connectivity index (χ0) is 17.0. The van der Waals surface area contributed by atoms with Gasteiger partial charge >= 0.3 is 0 Å². The van der Waals surface area contributed by atoms with E-state index < -0.39 is 10.0 Å². The Kier molecular flexibility index (Phi) is 5.72. The maximum Gasteiger partial charge on any atom is 0.240 e. The van der Waals surface area contributed by atoms with Crippen LogP contribution in [-0.4, -0.2) is 46.2 Å². The van der Waals surface area contributed by atoms with E-state index in [0.29, 0.717) is 13.2 Å². The fourth-order valence-corrected chi connectivity index (χ4v) is 3.97. The molecule has 1 aromatic carbocycles. The third-order valence-corrected chi connectivity index (χ3v) is 5.92.